The van der Waals surface area contributed by atoms with Crippen LogP contribution in [0.4, 0.5) is 21.8 Å². The number of alkyl halides is 1. The molecule has 1 N–H and O–H groups in total. The Balaban J connectivity index is 1.66. The van der Waals surface area contributed by atoms with Gasteiger partial charge < -0.3 is 15.1 Å². The van der Waals surface area contributed by atoms with Crippen LogP contribution in [-0.4, -0.2) is 58.3 Å². The summed E-state index contributed by atoms with van der Waals surface area (Å²) in [7, 11) is 1.74. The number of halogens is 1. The van der Waals surface area contributed by atoms with Gasteiger partial charge in [0.25, 0.3) is 11.5 Å². The van der Waals surface area contributed by atoms with E-state index in [4.69, 9.17) is 0 Å². The molecule has 0 saturated carbocycles. The third-order valence-corrected chi connectivity index (χ3v) is 5.96. The predicted octanol–water partition coefficient (Wildman–Crippen LogP) is 1.83. The zero-order chi connectivity index (χ0) is 21.5. The van der Waals surface area contributed by atoms with Gasteiger partial charge in [-0.2, -0.15) is 4.98 Å². The first-order valence-electron chi connectivity index (χ1n) is 10.3. The van der Waals surface area contributed by atoms with E-state index in [0.717, 1.165) is 19.4 Å². The number of nitrogens with zero attached hydrogens (tertiary/aromatic N) is 6. The van der Waals surface area contributed by atoms with E-state index in [9.17, 15) is 14.0 Å². The number of carbonyl (C=O) groups excluding carboxylic acids is 1. The van der Waals surface area contributed by atoms with Gasteiger partial charge in [-0.1, -0.05) is 6.07 Å². The van der Waals surface area contributed by atoms with Gasteiger partial charge in [0.1, 0.15) is 23.6 Å². The van der Waals surface area contributed by atoms with Crippen LogP contribution in [0.5, 0.6) is 0 Å². The molecule has 2 aliphatic heterocycles. The largest absolute Gasteiger partial charge is 0.357 e. The molecule has 0 spiro atoms. The van der Waals surface area contributed by atoms with Gasteiger partial charge in [0.2, 0.25) is 5.95 Å². The highest BCUT2D eigenvalue weighted by Crippen LogP contribution is 2.35. The summed E-state index contributed by atoms with van der Waals surface area (Å²) in [6.45, 7) is 0.573. The number of fused-ring (bicyclic) bond motifs is 4. The van der Waals surface area contributed by atoms with Gasteiger partial charge >= 0.3 is 0 Å². The molecule has 3 aromatic rings. The van der Waals surface area contributed by atoms with Crippen molar-refractivity contribution in [2.45, 2.75) is 25.4 Å². The molecule has 2 aliphatic rings. The summed E-state index contributed by atoms with van der Waals surface area (Å²) >= 11 is 0. The van der Waals surface area contributed by atoms with Crippen LogP contribution in [0.1, 0.15) is 23.2 Å². The summed E-state index contributed by atoms with van der Waals surface area (Å²) < 4.78 is 14.0. The maximum Gasteiger partial charge on any atom is 0.263 e. The number of amides is 1. The molecular weight excluding hydrogens is 401 g/mol. The van der Waals surface area contributed by atoms with Crippen LogP contribution in [0.2, 0.25) is 0 Å². The van der Waals surface area contributed by atoms with Crippen molar-refractivity contribution in [1.82, 2.24) is 19.5 Å². The highest BCUT2D eigenvalue weighted by Gasteiger charge is 2.38. The highest BCUT2D eigenvalue weighted by molar-refractivity contribution is 6.13. The van der Waals surface area contributed by atoms with Crippen LogP contribution in [0.3, 0.4) is 0 Å². The molecule has 1 fully saturated rings. The van der Waals surface area contributed by atoms with Crippen LogP contribution in [0.25, 0.3) is 10.9 Å². The molecule has 2 aromatic heterocycles. The summed E-state index contributed by atoms with van der Waals surface area (Å²) in [5, 5.41) is 3.29. The fourth-order valence-corrected chi connectivity index (χ4v) is 4.46. The Hall–Kier alpha value is -3.56. The Kier molecular flexibility index (Phi) is 4.76. The molecule has 0 radical (unpaired) electrons. The number of benzene rings is 1. The minimum atomic E-state index is -0.652. The van der Waals surface area contributed by atoms with Gasteiger partial charge in [0.15, 0.2) is 0 Å². The minimum absolute atomic E-state index is 0.0514. The molecular formula is C21H22FN7O2. The second-order valence-corrected chi connectivity index (χ2v) is 7.69. The van der Waals surface area contributed by atoms with Gasteiger partial charge in [-0.15, -0.1) is 0 Å². The van der Waals surface area contributed by atoms with Crippen molar-refractivity contribution in [3.8, 4) is 0 Å². The minimum Gasteiger partial charge on any atom is -0.357 e. The maximum atomic E-state index is 13.6. The third-order valence-electron chi connectivity index (χ3n) is 5.96. The van der Waals surface area contributed by atoms with Crippen molar-refractivity contribution in [2.24, 2.45) is 0 Å². The highest BCUT2D eigenvalue weighted by atomic mass is 19.1. The number of carbonyl (C=O) groups is 1. The quantitative estimate of drug-likeness (QED) is 0.684. The van der Waals surface area contributed by atoms with E-state index in [1.165, 1.54) is 10.9 Å². The van der Waals surface area contributed by atoms with Crippen molar-refractivity contribution in [2.75, 3.05) is 41.9 Å². The van der Waals surface area contributed by atoms with Crippen molar-refractivity contribution in [3.63, 3.8) is 0 Å². The fraction of sp³-hybridized carbons (Fsp3) is 0.381. The summed E-state index contributed by atoms with van der Waals surface area (Å²) in [4.78, 5) is 43.5. The first-order chi connectivity index (χ1) is 15.1. The average Bonchev–Trinajstić information content (AvgIpc) is 3.22. The number of anilines is 3. The Bertz CT molecular complexity index is 1230. The van der Waals surface area contributed by atoms with Gasteiger partial charge in [0, 0.05) is 32.4 Å². The molecule has 1 saturated heterocycles. The maximum absolute atomic E-state index is 13.6. The van der Waals surface area contributed by atoms with Crippen LogP contribution in [0.15, 0.2) is 35.5 Å². The molecule has 0 bridgehead atoms. The number of hydrogen-bond donors (Lipinski definition) is 1. The van der Waals surface area contributed by atoms with E-state index >= 15 is 0 Å². The van der Waals surface area contributed by atoms with Gasteiger partial charge in [-0.25, -0.2) is 14.4 Å². The third kappa shape index (κ3) is 3.09. The van der Waals surface area contributed by atoms with Gasteiger partial charge in [-0.3, -0.25) is 14.2 Å². The smallest absolute Gasteiger partial charge is 0.263 e. The molecule has 4 heterocycles. The molecule has 5 rings (SSSR count). The number of rotatable bonds is 4. The van der Waals surface area contributed by atoms with E-state index in [1.807, 2.05) is 0 Å². The zero-order valence-corrected chi connectivity index (χ0v) is 17.1. The van der Waals surface area contributed by atoms with Gasteiger partial charge in [-0.05, 0) is 25.0 Å². The van der Waals surface area contributed by atoms with E-state index in [2.05, 4.69) is 25.2 Å². The first kappa shape index (κ1) is 19.4. The summed E-state index contributed by atoms with van der Waals surface area (Å²) in [5.41, 5.74) is 1.09. The molecule has 0 aliphatic carbocycles. The normalized spacial score (nSPS) is 18.1. The average molecular weight is 423 g/mol. The fourth-order valence-electron chi connectivity index (χ4n) is 4.46. The second-order valence-electron chi connectivity index (χ2n) is 7.69. The Morgan fingerprint density at radius 1 is 1.26 bits per heavy atom. The van der Waals surface area contributed by atoms with Crippen molar-refractivity contribution in [1.29, 1.82) is 0 Å². The Morgan fingerprint density at radius 2 is 2.13 bits per heavy atom. The lowest BCUT2D eigenvalue weighted by Gasteiger charge is -2.27. The lowest BCUT2D eigenvalue weighted by molar-refractivity contribution is 0.0988. The SMILES string of the molecule is CNc1ncc2c(n1)N1CCC[C@H]1CN(c1cccc3c(=O)n(CCF)cnc13)C2=O. The number of nitrogens with one attached hydrogen (secondary N) is 1. The summed E-state index contributed by atoms with van der Waals surface area (Å²) in [5.74, 6) is 0.869. The van der Waals surface area contributed by atoms with Crippen LogP contribution in [0, 0.1) is 0 Å². The van der Waals surface area contributed by atoms with Gasteiger partial charge in [0.05, 0.1) is 23.9 Å². The Labute approximate surface area is 177 Å². The summed E-state index contributed by atoms with van der Waals surface area (Å²) in [6, 6.07) is 5.28. The predicted molar refractivity (Wildman–Crippen MR) is 116 cm³/mol. The first-order valence-corrected chi connectivity index (χ1v) is 10.3. The van der Waals surface area contributed by atoms with Crippen molar-refractivity contribution < 1.29 is 9.18 Å². The molecule has 1 atom stereocenters. The molecule has 1 aromatic carbocycles. The molecule has 9 nitrogen and oxygen atoms in total. The van der Waals surface area contributed by atoms with E-state index < -0.39 is 6.67 Å². The second kappa shape index (κ2) is 7.60. The number of aromatic nitrogens is 4. The van der Waals surface area contributed by atoms with Crippen molar-refractivity contribution >= 4 is 34.3 Å². The van der Waals surface area contributed by atoms with E-state index in [0.29, 0.717) is 40.5 Å². The number of para-hydroxylation sites is 1. The Morgan fingerprint density at radius 3 is 2.94 bits per heavy atom. The standard InChI is InChI=1S/C21H22FN7O2/c1-23-21-24-10-15-18(26-21)28-8-3-4-13(28)11-29(20(15)31)16-6-2-5-14-17(16)25-12-27(9-7-22)19(14)30/h2,5-6,10,12-13H,3-4,7-9,11H2,1H3,(H,23,24,26)/t13-/m0/s1. The van der Waals surface area contributed by atoms with Crippen molar-refractivity contribution in [3.05, 3.63) is 46.6 Å². The van der Waals surface area contributed by atoms with E-state index in [-0.39, 0.29) is 24.1 Å². The topological polar surface area (TPSA) is 96.2 Å². The van der Waals surface area contributed by atoms with Crippen LogP contribution >= 0.6 is 0 Å². The van der Waals surface area contributed by atoms with Crippen LogP contribution < -0.4 is 20.7 Å². The molecule has 31 heavy (non-hydrogen) atoms. The molecule has 1 amide bonds. The summed E-state index contributed by atoms with van der Waals surface area (Å²) in [6.07, 6.45) is 4.83. The lowest BCUT2D eigenvalue weighted by atomic mass is 10.1. The monoisotopic (exact) mass is 423 g/mol. The number of hydrogen-bond acceptors (Lipinski definition) is 7. The van der Waals surface area contributed by atoms with E-state index in [1.54, 1.807) is 36.3 Å². The van der Waals surface area contributed by atoms with Crippen LogP contribution in [-0.2, 0) is 6.54 Å². The number of aryl methyl sites for hydroxylation is 1. The zero-order valence-electron chi connectivity index (χ0n) is 17.1. The molecule has 160 valence electrons. The molecule has 0 unspecified atom stereocenters. The lowest BCUT2D eigenvalue weighted by Crippen LogP contribution is -2.40. The molecule has 10 heteroatoms.